The Morgan fingerprint density at radius 1 is 1.27 bits per heavy atom. The molecule has 4 rings (SSSR count). The van der Waals surface area contributed by atoms with Gasteiger partial charge in [-0.2, -0.15) is 0 Å². The Balaban J connectivity index is 1.41. The number of carbonyl (C=O) groups excluding carboxylic acids is 2. The summed E-state index contributed by atoms with van der Waals surface area (Å²) in [5, 5.41) is 5.75. The number of thioether (sulfide) groups is 1. The summed E-state index contributed by atoms with van der Waals surface area (Å²) >= 11 is 7.19. The van der Waals surface area contributed by atoms with E-state index in [1.165, 1.54) is 18.9 Å². The minimum absolute atomic E-state index is 0.0215. The van der Waals surface area contributed by atoms with Crippen molar-refractivity contribution in [1.29, 1.82) is 0 Å². The Hall–Kier alpha value is -2.91. The molecule has 1 atom stereocenters. The summed E-state index contributed by atoms with van der Waals surface area (Å²) in [7, 11) is 1.50. The van der Waals surface area contributed by atoms with Crippen molar-refractivity contribution in [2.45, 2.75) is 11.7 Å². The summed E-state index contributed by atoms with van der Waals surface area (Å²) < 4.78 is 16.3. The second kappa shape index (κ2) is 8.85. The molecule has 0 unspecified atom stereocenters. The molecule has 10 heteroatoms. The third-order valence-corrected chi connectivity index (χ3v) is 5.66. The Kier molecular flexibility index (Phi) is 6.01. The summed E-state index contributed by atoms with van der Waals surface area (Å²) in [6.07, 6.45) is -0.0215. The lowest BCUT2D eigenvalue weighted by atomic mass is 10.2. The quantitative estimate of drug-likeness (QED) is 0.729. The van der Waals surface area contributed by atoms with Crippen molar-refractivity contribution < 1.29 is 23.8 Å². The molecule has 2 heterocycles. The van der Waals surface area contributed by atoms with Crippen molar-refractivity contribution in [3.8, 4) is 17.2 Å². The van der Waals surface area contributed by atoms with Crippen LogP contribution in [0.1, 0.15) is 6.42 Å². The Bertz CT molecular complexity index is 1030. The predicted molar refractivity (Wildman–Crippen MR) is 115 cm³/mol. The predicted octanol–water partition coefficient (Wildman–Crippen LogP) is 3.37. The zero-order chi connectivity index (χ0) is 21.1. The van der Waals surface area contributed by atoms with Gasteiger partial charge in [-0.15, -0.1) is 0 Å². The lowest BCUT2D eigenvalue weighted by Gasteiger charge is -2.18. The van der Waals surface area contributed by atoms with E-state index in [0.29, 0.717) is 52.0 Å². The first-order valence-corrected chi connectivity index (χ1v) is 10.4. The average molecular weight is 448 g/mol. The Morgan fingerprint density at radius 3 is 2.87 bits per heavy atom. The summed E-state index contributed by atoms with van der Waals surface area (Å²) in [6.45, 7) is 0.991. The molecule has 8 nitrogen and oxygen atoms in total. The van der Waals surface area contributed by atoms with E-state index >= 15 is 0 Å². The van der Waals surface area contributed by atoms with Crippen LogP contribution in [-0.4, -0.2) is 42.6 Å². The van der Waals surface area contributed by atoms with Gasteiger partial charge < -0.3 is 24.8 Å². The van der Waals surface area contributed by atoms with Gasteiger partial charge in [-0.1, -0.05) is 23.4 Å². The normalized spacial score (nSPS) is 18.8. The third kappa shape index (κ3) is 4.63. The Labute approximate surface area is 181 Å². The summed E-state index contributed by atoms with van der Waals surface area (Å²) in [5.41, 5.74) is 1.07. The number of benzene rings is 2. The van der Waals surface area contributed by atoms with Crippen LogP contribution in [0.5, 0.6) is 17.2 Å². The van der Waals surface area contributed by atoms with Gasteiger partial charge in [-0.05, 0) is 30.3 Å². The SMILES string of the molecule is COc1ccc(Cl)cc1NC(=O)C[C@@H]1SC(=Nc2ccc3c(c2)OCCO3)NC1=O. The van der Waals surface area contributed by atoms with E-state index in [1.807, 2.05) is 0 Å². The summed E-state index contributed by atoms with van der Waals surface area (Å²) in [6, 6.07) is 10.2. The van der Waals surface area contributed by atoms with Crippen molar-refractivity contribution in [3.05, 3.63) is 41.4 Å². The van der Waals surface area contributed by atoms with Gasteiger partial charge in [0.25, 0.3) is 0 Å². The smallest absolute Gasteiger partial charge is 0.240 e. The van der Waals surface area contributed by atoms with Crippen molar-refractivity contribution in [2.75, 3.05) is 25.6 Å². The molecule has 1 fully saturated rings. The van der Waals surface area contributed by atoms with Crippen LogP contribution in [0.15, 0.2) is 41.4 Å². The van der Waals surface area contributed by atoms with Gasteiger partial charge in [0.2, 0.25) is 11.8 Å². The number of ether oxygens (including phenoxy) is 3. The lowest BCUT2D eigenvalue weighted by Crippen LogP contribution is -2.28. The van der Waals surface area contributed by atoms with Gasteiger partial charge in [0, 0.05) is 17.5 Å². The third-order valence-electron chi connectivity index (χ3n) is 4.34. The fourth-order valence-electron chi connectivity index (χ4n) is 2.96. The van der Waals surface area contributed by atoms with Crippen molar-refractivity contribution >= 4 is 51.7 Å². The molecule has 0 aromatic heterocycles. The average Bonchev–Trinajstić information content (AvgIpc) is 3.06. The van der Waals surface area contributed by atoms with Gasteiger partial charge in [0.05, 0.1) is 18.5 Å². The number of hydrogen-bond acceptors (Lipinski definition) is 7. The van der Waals surface area contributed by atoms with Gasteiger partial charge in [0.15, 0.2) is 16.7 Å². The topological polar surface area (TPSA) is 98.2 Å². The molecule has 2 aliphatic heterocycles. The maximum absolute atomic E-state index is 12.4. The molecular weight excluding hydrogens is 430 g/mol. The van der Waals surface area contributed by atoms with Crippen LogP contribution >= 0.6 is 23.4 Å². The Morgan fingerprint density at radius 2 is 2.07 bits per heavy atom. The van der Waals surface area contributed by atoms with E-state index in [4.69, 9.17) is 25.8 Å². The molecule has 0 radical (unpaired) electrons. The number of nitrogens with one attached hydrogen (secondary N) is 2. The number of halogens is 1. The number of fused-ring (bicyclic) bond motifs is 1. The lowest BCUT2D eigenvalue weighted by molar-refractivity contribution is -0.122. The van der Waals surface area contributed by atoms with Crippen molar-refractivity contribution in [3.63, 3.8) is 0 Å². The maximum atomic E-state index is 12.4. The van der Waals surface area contributed by atoms with Crippen LogP contribution in [-0.2, 0) is 9.59 Å². The number of hydrogen-bond donors (Lipinski definition) is 2. The van der Waals surface area contributed by atoms with E-state index in [9.17, 15) is 9.59 Å². The van der Waals surface area contributed by atoms with Crippen LogP contribution < -0.4 is 24.8 Å². The van der Waals surface area contributed by atoms with Crippen LogP contribution in [0.3, 0.4) is 0 Å². The molecule has 2 aromatic rings. The van der Waals surface area contributed by atoms with Crippen molar-refractivity contribution in [2.24, 2.45) is 4.99 Å². The molecule has 2 N–H and O–H groups in total. The fourth-order valence-corrected chi connectivity index (χ4v) is 4.12. The first-order valence-electron chi connectivity index (χ1n) is 9.11. The number of amidine groups is 1. The molecule has 0 bridgehead atoms. The second-order valence-electron chi connectivity index (χ2n) is 6.44. The van der Waals surface area contributed by atoms with Gasteiger partial charge in [-0.25, -0.2) is 4.99 Å². The maximum Gasteiger partial charge on any atom is 0.240 e. The molecule has 2 aromatic carbocycles. The highest BCUT2D eigenvalue weighted by Gasteiger charge is 2.32. The molecule has 0 saturated carbocycles. The number of aliphatic imine (C=N–C) groups is 1. The molecular formula is C20H18ClN3O5S. The first-order chi connectivity index (χ1) is 14.5. The minimum Gasteiger partial charge on any atom is -0.495 e. The van der Waals surface area contributed by atoms with Crippen LogP contribution in [0, 0.1) is 0 Å². The number of carbonyl (C=O) groups is 2. The fraction of sp³-hybridized carbons (Fsp3) is 0.250. The molecule has 156 valence electrons. The number of methoxy groups -OCH3 is 1. The molecule has 0 aliphatic carbocycles. The summed E-state index contributed by atoms with van der Waals surface area (Å²) in [4.78, 5) is 29.2. The van der Waals surface area contributed by atoms with Gasteiger partial charge in [-0.3, -0.25) is 9.59 Å². The van der Waals surface area contributed by atoms with Gasteiger partial charge >= 0.3 is 0 Å². The van der Waals surface area contributed by atoms with E-state index in [2.05, 4.69) is 15.6 Å². The molecule has 30 heavy (non-hydrogen) atoms. The first kappa shape index (κ1) is 20.4. The zero-order valence-electron chi connectivity index (χ0n) is 15.9. The highest BCUT2D eigenvalue weighted by atomic mass is 35.5. The van der Waals surface area contributed by atoms with Crippen LogP contribution in [0.4, 0.5) is 11.4 Å². The van der Waals surface area contributed by atoms with Crippen molar-refractivity contribution in [1.82, 2.24) is 5.32 Å². The molecule has 2 aliphatic rings. The number of amides is 2. The molecule has 1 saturated heterocycles. The van der Waals surface area contributed by atoms with E-state index in [1.54, 1.807) is 36.4 Å². The molecule has 2 amide bonds. The van der Waals surface area contributed by atoms with Crippen LogP contribution in [0.2, 0.25) is 5.02 Å². The standard InChI is InChI=1S/C20H18ClN3O5S/c1-27-14-4-2-11(21)8-13(14)23-18(25)10-17-19(26)24-20(30-17)22-12-3-5-15-16(9-12)29-7-6-28-15/h2-5,8-9,17H,6-7,10H2,1H3,(H,23,25)(H,22,24,26)/t17-/m0/s1. The number of rotatable bonds is 5. The van der Waals surface area contributed by atoms with E-state index in [0.717, 1.165) is 0 Å². The van der Waals surface area contributed by atoms with Gasteiger partial charge in [0.1, 0.15) is 24.2 Å². The number of anilines is 1. The molecule has 0 spiro atoms. The van der Waals surface area contributed by atoms with E-state index < -0.39 is 5.25 Å². The largest absolute Gasteiger partial charge is 0.495 e. The highest BCUT2D eigenvalue weighted by Crippen LogP contribution is 2.35. The highest BCUT2D eigenvalue weighted by molar-refractivity contribution is 8.15. The summed E-state index contributed by atoms with van der Waals surface area (Å²) in [5.74, 6) is 1.16. The zero-order valence-corrected chi connectivity index (χ0v) is 17.5. The van der Waals surface area contributed by atoms with Crippen LogP contribution in [0.25, 0.3) is 0 Å². The minimum atomic E-state index is -0.592. The second-order valence-corrected chi connectivity index (χ2v) is 8.07. The number of nitrogens with zero attached hydrogens (tertiary/aromatic N) is 1. The van der Waals surface area contributed by atoms with E-state index in [-0.39, 0.29) is 18.2 Å². The monoisotopic (exact) mass is 447 g/mol.